The lowest BCUT2D eigenvalue weighted by Crippen LogP contribution is -2.43. The maximum absolute atomic E-state index is 13.8. The zero-order valence-electron chi connectivity index (χ0n) is 17.6. The molecule has 0 aliphatic heterocycles. The second-order valence-corrected chi connectivity index (χ2v) is 9.15. The summed E-state index contributed by atoms with van der Waals surface area (Å²) in [7, 11) is 1.62. The Kier molecular flexibility index (Phi) is 4.76. The van der Waals surface area contributed by atoms with E-state index in [2.05, 4.69) is 20.8 Å². The number of rotatable bonds is 5. The van der Waals surface area contributed by atoms with Crippen LogP contribution in [0.25, 0.3) is 0 Å². The van der Waals surface area contributed by atoms with E-state index in [1.165, 1.54) is 0 Å². The van der Waals surface area contributed by atoms with Gasteiger partial charge in [-0.15, -0.1) is 0 Å². The van der Waals surface area contributed by atoms with E-state index in [0.717, 1.165) is 29.8 Å². The van der Waals surface area contributed by atoms with Crippen molar-refractivity contribution in [3.05, 3.63) is 60.2 Å². The molecule has 0 N–H and O–H groups in total. The number of carbonyl (C=O) groups excluding carboxylic acids is 2. The molecule has 4 heteroatoms. The number of carbonyl (C=O) groups is 2. The molecule has 2 aliphatic carbocycles. The molecule has 3 unspecified atom stereocenters. The Morgan fingerprint density at radius 3 is 2.28 bits per heavy atom. The first-order valence-electron chi connectivity index (χ1n) is 10.3. The van der Waals surface area contributed by atoms with Gasteiger partial charge in [-0.2, -0.15) is 0 Å². The van der Waals surface area contributed by atoms with Gasteiger partial charge in [-0.1, -0.05) is 51.1 Å². The molecule has 2 bridgehead atoms. The monoisotopic (exact) mass is 391 g/mol. The number of Topliss-reactive ketones (excluding diaryl/α,β-unsaturated/α-hetero) is 1. The Morgan fingerprint density at radius 2 is 1.72 bits per heavy atom. The molecule has 4 rings (SSSR count). The Balaban J connectivity index is 1.71. The van der Waals surface area contributed by atoms with Crippen molar-refractivity contribution in [3.8, 4) is 5.75 Å². The van der Waals surface area contributed by atoms with Crippen LogP contribution in [0.1, 0.15) is 39.2 Å². The lowest BCUT2D eigenvalue weighted by molar-refractivity contribution is -0.137. The average molecular weight is 392 g/mol. The fourth-order valence-electron chi connectivity index (χ4n) is 5.36. The van der Waals surface area contributed by atoms with E-state index in [1.54, 1.807) is 12.0 Å². The summed E-state index contributed by atoms with van der Waals surface area (Å²) < 4.78 is 5.27. The van der Waals surface area contributed by atoms with E-state index < -0.39 is 11.3 Å². The van der Waals surface area contributed by atoms with Crippen molar-refractivity contribution in [3.63, 3.8) is 0 Å². The highest BCUT2D eigenvalue weighted by Gasteiger charge is 2.68. The quantitative estimate of drug-likeness (QED) is 0.683. The van der Waals surface area contributed by atoms with Crippen molar-refractivity contribution >= 4 is 17.4 Å². The van der Waals surface area contributed by atoms with Crippen molar-refractivity contribution in [2.75, 3.05) is 12.0 Å². The van der Waals surface area contributed by atoms with Crippen molar-refractivity contribution < 1.29 is 14.3 Å². The first-order valence-corrected chi connectivity index (χ1v) is 10.3. The van der Waals surface area contributed by atoms with Gasteiger partial charge in [-0.3, -0.25) is 9.59 Å². The second-order valence-electron chi connectivity index (χ2n) is 9.15. The van der Waals surface area contributed by atoms with Gasteiger partial charge in [-0.25, -0.2) is 0 Å². The zero-order chi connectivity index (χ0) is 20.8. The number of hydrogen-bond donors (Lipinski definition) is 0. The number of hydrogen-bond acceptors (Lipinski definition) is 3. The number of nitrogens with zero attached hydrogens (tertiary/aromatic N) is 1. The van der Waals surface area contributed by atoms with Gasteiger partial charge in [0.25, 0.3) is 0 Å². The molecule has 2 aliphatic rings. The molecular formula is C25H29NO3. The number of fused-ring (bicyclic) bond motifs is 2. The number of benzene rings is 2. The molecule has 0 heterocycles. The number of ketones is 1. The lowest BCUT2D eigenvalue weighted by Gasteiger charge is -2.32. The Hall–Kier alpha value is -2.62. The van der Waals surface area contributed by atoms with E-state index >= 15 is 0 Å². The van der Waals surface area contributed by atoms with Crippen molar-refractivity contribution in [2.24, 2.45) is 22.7 Å². The maximum atomic E-state index is 13.8. The highest BCUT2D eigenvalue weighted by molar-refractivity contribution is 6.12. The van der Waals surface area contributed by atoms with Crippen LogP contribution in [-0.2, 0) is 16.1 Å². The molecule has 4 nitrogen and oxygen atoms in total. The summed E-state index contributed by atoms with van der Waals surface area (Å²) >= 11 is 0. The molecule has 2 aromatic carbocycles. The van der Waals surface area contributed by atoms with E-state index in [-0.39, 0.29) is 23.0 Å². The van der Waals surface area contributed by atoms with Crippen LogP contribution in [0, 0.1) is 22.7 Å². The molecular weight excluding hydrogens is 362 g/mol. The Bertz CT molecular complexity index is 919. The molecule has 3 atom stereocenters. The predicted octanol–water partition coefficient (Wildman–Crippen LogP) is 4.87. The summed E-state index contributed by atoms with van der Waals surface area (Å²) in [6.07, 6.45) is 1.82. The van der Waals surface area contributed by atoms with Crippen LogP contribution in [0.2, 0.25) is 0 Å². The van der Waals surface area contributed by atoms with Crippen molar-refractivity contribution in [1.29, 1.82) is 0 Å². The van der Waals surface area contributed by atoms with E-state index in [1.807, 2.05) is 54.6 Å². The molecule has 2 aromatic rings. The smallest absolute Gasteiger partial charge is 0.238 e. The Morgan fingerprint density at radius 1 is 1.07 bits per heavy atom. The van der Waals surface area contributed by atoms with Crippen LogP contribution in [-0.4, -0.2) is 18.8 Å². The fourth-order valence-corrected chi connectivity index (χ4v) is 5.36. The standard InChI is InChI=1S/C25H29NO3/c1-24(2)20-14-15-25(24,3)22(27)21(20)23(28)26(16-17-8-6-5-7-9-17)18-10-12-19(29-4)13-11-18/h5-13,20-21H,14-16H2,1-4H3. The molecule has 0 saturated heterocycles. The van der Waals surface area contributed by atoms with Gasteiger partial charge in [0, 0.05) is 11.1 Å². The van der Waals surface area contributed by atoms with Crippen LogP contribution in [0.4, 0.5) is 5.69 Å². The number of amides is 1. The number of ether oxygens (including phenoxy) is 1. The fraction of sp³-hybridized carbons (Fsp3) is 0.440. The van der Waals surface area contributed by atoms with E-state index in [4.69, 9.17) is 4.74 Å². The highest BCUT2D eigenvalue weighted by Crippen LogP contribution is 2.66. The molecule has 29 heavy (non-hydrogen) atoms. The van der Waals surface area contributed by atoms with Gasteiger partial charge in [-0.05, 0) is 54.0 Å². The Labute approximate surface area is 172 Å². The van der Waals surface area contributed by atoms with Gasteiger partial charge in [0.1, 0.15) is 11.7 Å². The molecule has 0 spiro atoms. The summed E-state index contributed by atoms with van der Waals surface area (Å²) in [6.45, 7) is 6.81. The SMILES string of the molecule is COc1ccc(N(Cc2ccccc2)C(=O)C2C(=O)C3(C)CCC2C3(C)C)cc1. The third kappa shape index (κ3) is 2.97. The highest BCUT2D eigenvalue weighted by atomic mass is 16.5. The van der Waals surface area contributed by atoms with Gasteiger partial charge in [0.05, 0.1) is 13.7 Å². The predicted molar refractivity (Wildman–Crippen MR) is 114 cm³/mol. The maximum Gasteiger partial charge on any atom is 0.238 e. The van der Waals surface area contributed by atoms with Crippen molar-refractivity contribution in [2.45, 2.75) is 40.2 Å². The van der Waals surface area contributed by atoms with Gasteiger partial charge in [0.15, 0.2) is 5.78 Å². The van der Waals surface area contributed by atoms with Crippen LogP contribution >= 0.6 is 0 Å². The third-order valence-electron chi connectivity index (χ3n) is 7.63. The summed E-state index contributed by atoms with van der Waals surface area (Å²) in [6, 6.07) is 17.4. The summed E-state index contributed by atoms with van der Waals surface area (Å²) in [5, 5.41) is 0. The topological polar surface area (TPSA) is 46.6 Å². The molecule has 0 radical (unpaired) electrons. The van der Waals surface area contributed by atoms with Gasteiger partial charge in [0.2, 0.25) is 5.91 Å². The molecule has 0 aromatic heterocycles. The summed E-state index contributed by atoms with van der Waals surface area (Å²) in [4.78, 5) is 29.0. The first-order chi connectivity index (χ1) is 13.8. The number of methoxy groups -OCH3 is 1. The van der Waals surface area contributed by atoms with Crippen LogP contribution in [0.3, 0.4) is 0 Å². The van der Waals surface area contributed by atoms with E-state index in [0.29, 0.717) is 6.54 Å². The first kappa shape index (κ1) is 19.7. The van der Waals surface area contributed by atoms with Crippen LogP contribution in [0.5, 0.6) is 5.75 Å². The average Bonchev–Trinajstić information content (AvgIpc) is 3.05. The zero-order valence-corrected chi connectivity index (χ0v) is 17.6. The van der Waals surface area contributed by atoms with Gasteiger partial charge >= 0.3 is 0 Å². The van der Waals surface area contributed by atoms with Crippen molar-refractivity contribution in [1.82, 2.24) is 0 Å². The van der Waals surface area contributed by atoms with Crippen LogP contribution < -0.4 is 9.64 Å². The van der Waals surface area contributed by atoms with Gasteiger partial charge < -0.3 is 9.64 Å². The second kappa shape index (κ2) is 7.01. The molecule has 2 fully saturated rings. The summed E-state index contributed by atoms with van der Waals surface area (Å²) in [5.74, 6) is 0.324. The minimum absolute atomic E-state index is 0.0782. The minimum Gasteiger partial charge on any atom is -0.497 e. The largest absolute Gasteiger partial charge is 0.497 e. The number of anilines is 1. The minimum atomic E-state index is -0.561. The normalized spacial score (nSPS) is 27.1. The molecule has 1 amide bonds. The lowest BCUT2D eigenvalue weighted by atomic mass is 9.70. The summed E-state index contributed by atoms with van der Waals surface area (Å²) in [5.41, 5.74) is 1.27. The molecule has 152 valence electrons. The molecule has 2 saturated carbocycles. The van der Waals surface area contributed by atoms with Crippen LogP contribution in [0.15, 0.2) is 54.6 Å². The van der Waals surface area contributed by atoms with E-state index in [9.17, 15) is 9.59 Å². The third-order valence-corrected chi connectivity index (χ3v) is 7.63.